The highest BCUT2D eigenvalue weighted by atomic mass is 35.5. The van der Waals surface area contributed by atoms with Crippen LogP contribution < -0.4 is 10.2 Å². The van der Waals surface area contributed by atoms with Crippen molar-refractivity contribution in [2.45, 2.75) is 6.92 Å². The monoisotopic (exact) mass is 383 g/mol. The van der Waals surface area contributed by atoms with E-state index in [1.807, 2.05) is 13.0 Å². The second-order valence-corrected chi connectivity index (χ2v) is 6.46. The molecule has 2 aromatic heterocycles. The lowest BCUT2D eigenvalue weighted by atomic mass is 10.1. The molecular formula is C19H18ClN5O2. The quantitative estimate of drug-likeness (QED) is 0.546. The molecule has 0 aliphatic rings. The van der Waals surface area contributed by atoms with E-state index in [2.05, 4.69) is 15.3 Å². The number of pyridine rings is 2. The maximum Gasteiger partial charge on any atom is 0.321 e. The van der Waals surface area contributed by atoms with Crippen LogP contribution >= 0.6 is 11.6 Å². The summed E-state index contributed by atoms with van der Waals surface area (Å²) in [6, 6.07) is 8.55. The number of carbonyl (C=O) groups excluding carboxylic acids is 2. The van der Waals surface area contributed by atoms with Gasteiger partial charge in [-0.1, -0.05) is 23.7 Å². The van der Waals surface area contributed by atoms with Crippen LogP contribution in [-0.2, 0) is 4.79 Å². The molecule has 0 radical (unpaired) electrons. The number of anilines is 3. The molecule has 138 valence electrons. The van der Waals surface area contributed by atoms with Crippen LogP contribution in [0.15, 0.2) is 42.7 Å². The smallest absolute Gasteiger partial charge is 0.321 e. The SMILES string of the molecule is Cc1cnc2c(N(C=O)c3cccnc3Cl)cccc2c1NC(=O)N(C)C. The second-order valence-electron chi connectivity index (χ2n) is 6.10. The van der Waals surface area contributed by atoms with Crippen LogP contribution in [0.2, 0.25) is 5.15 Å². The van der Waals surface area contributed by atoms with Crippen molar-refractivity contribution in [3.63, 3.8) is 0 Å². The summed E-state index contributed by atoms with van der Waals surface area (Å²) in [7, 11) is 3.33. The Bertz CT molecular complexity index is 1020. The minimum atomic E-state index is -0.251. The Morgan fingerprint density at radius 1 is 1.15 bits per heavy atom. The lowest BCUT2D eigenvalue weighted by molar-refractivity contribution is -0.106. The van der Waals surface area contributed by atoms with Crippen molar-refractivity contribution in [2.75, 3.05) is 24.3 Å². The Morgan fingerprint density at radius 2 is 1.89 bits per heavy atom. The maximum absolute atomic E-state index is 12.2. The second kappa shape index (κ2) is 7.59. The van der Waals surface area contributed by atoms with Gasteiger partial charge in [-0.05, 0) is 30.7 Å². The van der Waals surface area contributed by atoms with Gasteiger partial charge in [0.15, 0.2) is 5.15 Å². The molecule has 0 atom stereocenters. The number of para-hydroxylation sites is 1. The van der Waals surface area contributed by atoms with Crippen molar-refractivity contribution < 1.29 is 9.59 Å². The number of urea groups is 1. The summed E-state index contributed by atoms with van der Waals surface area (Å²) in [4.78, 5) is 35.4. The Kier molecular flexibility index (Phi) is 5.23. The van der Waals surface area contributed by atoms with E-state index in [0.29, 0.717) is 29.0 Å². The van der Waals surface area contributed by atoms with Crippen molar-refractivity contribution in [2.24, 2.45) is 0 Å². The number of fused-ring (bicyclic) bond motifs is 1. The third-order valence-electron chi connectivity index (χ3n) is 4.07. The maximum atomic E-state index is 12.2. The van der Waals surface area contributed by atoms with Gasteiger partial charge in [0.25, 0.3) is 0 Å². The first-order valence-electron chi connectivity index (χ1n) is 8.15. The fraction of sp³-hybridized carbons (Fsp3) is 0.158. The molecule has 27 heavy (non-hydrogen) atoms. The van der Waals surface area contributed by atoms with Gasteiger partial charge in [0.2, 0.25) is 6.41 Å². The molecule has 2 heterocycles. The first kappa shape index (κ1) is 18.6. The summed E-state index contributed by atoms with van der Waals surface area (Å²) >= 11 is 6.16. The van der Waals surface area contributed by atoms with Crippen LogP contribution in [0.25, 0.3) is 10.9 Å². The van der Waals surface area contributed by atoms with E-state index < -0.39 is 0 Å². The zero-order valence-corrected chi connectivity index (χ0v) is 15.9. The number of aryl methyl sites for hydroxylation is 1. The van der Waals surface area contributed by atoms with Gasteiger partial charge < -0.3 is 10.2 Å². The Hall–Kier alpha value is -3.19. The molecule has 0 spiro atoms. The molecule has 0 aliphatic heterocycles. The van der Waals surface area contributed by atoms with Crippen LogP contribution in [0.3, 0.4) is 0 Å². The van der Waals surface area contributed by atoms with E-state index in [1.54, 1.807) is 50.8 Å². The Balaban J connectivity index is 2.19. The third-order valence-corrected chi connectivity index (χ3v) is 4.36. The number of halogens is 1. The summed E-state index contributed by atoms with van der Waals surface area (Å²) in [5.41, 5.74) is 3.00. The molecule has 3 rings (SSSR count). The molecular weight excluding hydrogens is 366 g/mol. The normalized spacial score (nSPS) is 10.5. The van der Waals surface area contributed by atoms with Gasteiger partial charge >= 0.3 is 6.03 Å². The van der Waals surface area contributed by atoms with Gasteiger partial charge in [0, 0.05) is 31.9 Å². The zero-order valence-electron chi connectivity index (χ0n) is 15.1. The molecule has 1 aromatic carbocycles. The zero-order chi connectivity index (χ0) is 19.6. The number of nitrogens with one attached hydrogen (secondary N) is 1. The minimum Gasteiger partial charge on any atom is -0.331 e. The van der Waals surface area contributed by atoms with Crippen LogP contribution in [-0.4, -0.2) is 41.4 Å². The molecule has 1 N–H and O–H groups in total. The van der Waals surface area contributed by atoms with E-state index in [4.69, 9.17) is 11.6 Å². The van der Waals surface area contributed by atoms with Gasteiger partial charge in [0.05, 0.1) is 22.6 Å². The number of rotatable bonds is 4. The average Bonchev–Trinajstić information content (AvgIpc) is 2.66. The molecule has 0 bridgehead atoms. The fourth-order valence-electron chi connectivity index (χ4n) is 2.69. The first-order chi connectivity index (χ1) is 12.9. The highest BCUT2D eigenvalue weighted by Gasteiger charge is 2.18. The number of amides is 3. The third kappa shape index (κ3) is 3.54. The molecule has 7 nitrogen and oxygen atoms in total. The first-order valence-corrected chi connectivity index (χ1v) is 8.53. The summed E-state index contributed by atoms with van der Waals surface area (Å²) in [6.45, 7) is 1.86. The molecule has 3 amide bonds. The number of aromatic nitrogens is 2. The minimum absolute atomic E-state index is 0.204. The largest absolute Gasteiger partial charge is 0.331 e. The molecule has 0 saturated heterocycles. The molecule has 0 saturated carbocycles. The number of benzene rings is 1. The molecule has 0 fully saturated rings. The number of nitrogens with zero attached hydrogens (tertiary/aromatic N) is 4. The van der Waals surface area contributed by atoms with Gasteiger partial charge in [0.1, 0.15) is 0 Å². The summed E-state index contributed by atoms with van der Waals surface area (Å²) < 4.78 is 0. The summed E-state index contributed by atoms with van der Waals surface area (Å²) in [5.74, 6) is 0. The fourth-order valence-corrected chi connectivity index (χ4v) is 2.90. The highest BCUT2D eigenvalue weighted by Crippen LogP contribution is 2.36. The van der Waals surface area contributed by atoms with Gasteiger partial charge in [-0.2, -0.15) is 0 Å². The summed E-state index contributed by atoms with van der Waals surface area (Å²) in [5, 5.41) is 3.81. The van der Waals surface area contributed by atoms with Crippen LogP contribution in [0.5, 0.6) is 0 Å². The standard InChI is InChI=1S/C19H18ClN5O2/c1-12-10-22-17-13(16(12)23-19(27)24(2)3)6-4-7-14(17)25(11-26)15-8-5-9-21-18(15)20/h4-11H,1-3H3,(H,22,23,27). The highest BCUT2D eigenvalue weighted by molar-refractivity contribution is 6.32. The summed E-state index contributed by atoms with van der Waals surface area (Å²) in [6.07, 6.45) is 3.87. The molecule has 8 heteroatoms. The molecule has 0 aliphatic carbocycles. The average molecular weight is 384 g/mol. The predicted octanol–water partition coefficient (Wildman–Crippen LogP) is 3.98. The van der Waals surface area contributed by atoms with E-state index in [-0.39, 0.29) is 11.2 Å². The van der Waals surface area contributed by atoms with E-state index in [0.717, 1.165) is 10.9 Å². The van der Waals surface area contributed by atoms with Crippen molar-refractivity contribution >= 4 is 52.0 Å². The topological polar surface area (TPSA) is 78.4 Å². The number of hydrogen-bond donors (Lipinski definition) is 1. The Labute approximate surface area is 161 Å². The van der Waals surface area contributed by atoms with Crippen molar-refractivity contribution in [3.8, 4) is 0 Å². The lowest BCUT2D eigenvalue weighted by Crippen LogP contribution is -2.27. The lowest BCUT2D eigenvalue weighted by Gasteiger charge is -2.21. The molecule has 3 aromatic rings. The van der Waals surface area contributed by atoms with E-state index in [1.165, 1.54) is 9.80 Å². The Morgan fingerprint density at radius 3 is 2.56 bits per heavy atom. The van der Waals surface area contributed by atoms with E-state index >= 15 is 0 Å². The van der Waals surface area contributed by atoms with Crippen LogP contribution in [0.4, 0.5) is 21.9 Å². The van der Waals surface area contributed by atoms with Crippen molar-refractivity contribution in [3.05, 3.63) is 53.4 Å². The van der Waals surface area contributed by atoms with E-state index in [9.17, 15) is 9.59 Å². The van der Waals surface area contributed by atoms with Crippen molar-refractivity contribution in [1.29, 1.82) is 0 Å². The van der Waals surface area contributed by atoms with Crippen LogP contribution in [0, 0.1) is 6.92 Å². The van der Waals surface area contributed by atoms with Gasteiger partial charge in [-0.25, -0.2) is 9.78 Å². The van der Waals surface area contributed by atoms with Crippen LogP contribution in [0.1, 0.15) is 5.56 Å². The molecule has 0 unspecified atom stereocenters. The number of carbonyl (C=O) groups is 2. The number of hydrogen-bond acceptors (Lipinski definition) is 4. The van der Waals surface area contributed by atoms with Gasteiger partial charge in [-0.3, -0.25) is 14.7 Å². The van der Waals surface area contributed by atoms with Crippen molar-refractivity contribution in [1.82, 2.24) is 14.9 Å². The van der Waals surface area contributed by atoms with Gasteiger partial charge in [-0.15, -0.1) is 0 Å². The predicted molar refractivity (Wildman–Crippen MR) is 107 cm³/mol.